The number of hydrogen-bond acceptors (Lipinski definition) is 2. The van der Waals surface area contributed by atoms with Crippen LogP contribution < -0.4 is 5.32 Å². The summed E-state index contributed by atoms with van der Waals surface area (Å²) in [6.07, 6.45) is 1.94. The first-order valence-corrected chi connectivity index (χ1v) is 6.14. The molecule has 1 rings (SSSR count). The largest absolute Gasteiger partial charge is 0.380 e. The topological polar surface area (TPSA) is 35.8 Å². The maximum atomic E-state index is 13.6. The van der Waals surface area contributed by atoms with Gasteiger partial charge in [0.25, 0.3) is 0 Å². The lowest BCUT2D eigenvalue weighted by Crippen LogP contribution is -2.19. The van der Waals surface area contributed by atoms with Crippen molar-refractivity contribution in [3.8, 4) is 6.07 Å². The quantitative estimate of drug-likeness (QED) is 0.857. The third kappa shape index (κ3) is 3.43. The van der Waals surface area contributed by atoms with E-state index in [2.05, 4.69) is 19.2 Å². The van der Waals surface area contributed by atoms with Gasteiger partial charge in [0.2, 0.25) is 0 Å². The molecule has 18 heavy (non-hydrogen) atoms. The Bertz CT molecular complexity index is 452. The molecule has 0 amide bonds. The highest BCUT2D eigenvalue weighted by Gasteiger charge is 2.15. The number of anilines is 1. The molecule has 2 unspecified atom stereocenters. The summed E-state index contributed by atoms with van der Waals surface area (Å²) in [4.78, 5) is 0. The molecule has 2 atom stereocenters. The van der Waals surface area contributed by atoms with Crippen LogP contribution in [-0.2, 0) is 0 Å². The predicted molar refractivity (Wildman–Crippen MR) is 68.2 cm³/mol. The third-order valence-electron chi connectivity index (χ3n) is 3.06. The molecule has 0 aliphatic carbocycles. The van der Waals surface area contributed by atoms with E-state index < -0.39 is 11.6 Å². The normalized spacial score (nSPS) is 13.8. The third-order valence-corrected chi connectivity index (χ3v) is 3.06. The number of halogens is 2. The van der Waals surface area contributed by atoms with Gasteiger partial charge in [-0.15, -0.1) is 0 Å². The zero-order chi connectivity index (χ0) is 13.7. The molecule has 0 saturated heterocycles. The fourth-order valence-electron chi connectivity index (χ4n) is 1.84. The van der Waals surface area contributed by atoms with Crippen LogP contribution in [0.5, 0.6) is 0 Å². The fourth-order valence-corrected chi connectivity index (χ4v) is 1.84. The summed E-state index contributed by atoms with van der Waals surface area (Å²) in [5.74, 6) is -1.54. The average Bonchev–Trinajstić information content (AvgIpc) is 2.35. The van der Waals surface area contributed by atoms with Crippen LogP contribution in [0.3, 0.4) is 0 Å². The lowest BCUT2D eigenvalue weighted by atomic mass is 10.00. The van der Waals surface area contributed by atoms with Crippen LogP contribution in [0.4, 0.5) is 14.5 Å². The summed E-state index contributed by atoms with van der Waals surface area (Å²) in [5.41, 5.74) is -0.157. The maximum Gasteiger partial charge on any atom is 0.183 e. The van der Waals surface area contributed by atoms with Crippen molar-refractivity contribution in [3.63, 3.8) is 0 Å². The minimum Gasteiger partial charge on any atom is -0.380 e. The second-order valence-corrected chi connectivity index (χ2v) is 4.69. The Kier molecular flexibility index (Phi) is 5.08. The van der Waals surface area contributed by atoms with E-state index in [-0.39, 0.29) is 17.3 Å². The van der Waals surface area contributed by atoms with E-state index in [1.165, 1.54) is 12.1 Å². The smallest absolute Gasteiger partial charge is 0.183 e. The highest BCUT2D eigenvalue weighted by Crippen LogP contribution is 2.22. The first-order valence-electron chi connectivity index (χ1n) is 6.14. The van der Waals surface area contributed by atoms with Gasteiger partial charge in [0.15, 0.2) is 11.6 Å². The van der Waals surface area contributed by atoms with Crippen molar-refractivity contribution in [2.45, 2.75) is 39.7 Å². The standard InChI is InChI=1S/C14H18F2N2/c1-4-9(2)7-10(3)18-12-6-5-11(8-17)13(15)14(12)16/h5-6,9-10,18H,4,7H2,1-3H3. The van der Waals surface area contributed by atoms with Crippen molar-refractivity contribution in [1.82, 2.24) is 0 Å². The Morgan fingerprint density at radius 3 is 2.50 bits per heavy atom. The first-order chi connectivity index (χ1) is 8.49. The van der Waals surface area contributed by atoms with Crippen LogP contribution >= 0.6 is 0 Å². The molecule has 0 radical (unpaired) electrons. The molecule has 2 nitrogen and oxygen atoms in total. The van der Waals surface area contributed by atoms with E-state index >= 15 is 0 Å². The molecule has 4 heteroatoms. The van der Waals surface area contributed by atoms with Crippen LogP contribution in [0.1, 0.15) is 39.2 Å². The summed E-state index contributed by atoms with van der Waals surface area (Å²) in [6, 6.07) is 4.37. The molecule has 0 aliphatic heterocycles. The lowest BCUT2D eigenvalue weighted by molar-refractivity contribution is 0.477. The molecule has 0 aromatic heterocycles. The van der Waals surface area contributed by atoms with Crippen molar-refractivity contribution < 1.29 is 8.78 Å². The summed E-state index contributed by atoms with van der Waals surface area (Å²) in [5, 5.41) is 11.5. The zero-order valence-corrected chi connectivity index (χ0v) is 10.9. The van der Waals surface area contributed by atoms with Crippen molar-refractivity contribution in [3.05, 3.63) is 29.3 Å². The minimum atomic E-state index is -1.08. The monoisotopic (exact) mass is 252 g/mol. The Morgan fingerprint density at radius 1 is 1.28 bits per heavy atom. The van der Waals surface area contributed by atoms with E-state index in [0.717, 1.165) is 12.8 Å². The maximum absolute atomic E-state index is 13.6. The second-order valence-electron chi connectivity index (χ2n) is 4.69. The van der Waals surface area contributed by atoms with E-state index in [4.69, 9.17) is 5.26 Å². The molecule has 0 fully saturated rings. The van der Waals surface area contributed by atoms with Gasteiger partial charge in [-0.1, -0.05) is 20.3 Å². The van der Waals surface area contributed by atoms with Gasteiger partial charge in [0.1, 0.15) is 6.07 Å². The molecule has 0 saturated carbocycles. The molecule has 0 aliphatic rings. The van der Waals surface area contributed by atoms with Gasteiger partial charge in [-0.25, -0.2) is 8.78 Å². The van der Waals surface area contributed by atoms with E-state index in [1.807, 2.05) is 6.92 Å². The molecule has 1 aromatic carbocycles. The number of nitriles is 1. The number of nitrogens with zero attached hydrogens (tertiary/aromatic N) is 1. The van der Waals surface area contributed by atoms with Crippen molar-refractivity contribution >= 4 is 5.69 Å². The first kappa shape index (κ1) is 14.4. The summed E-state index contributed by atoms with van der Waals surface area (Å²) in [7, 11) is 0. The Labute approximate surface area is 107 Å². The SMILES string of the molecule is CCC(C)CC(C)Nc1ccc(C#N)c(F)c1F. The molecule has 0 spiro atoms. The number of nitrogens with one attached hydrogen (secondary N) is 1. The van der Waals surface area contributed by atoms with Crippen LogP contribution in [0, 0.1) is 28.9 Å². The van der Waals surface area contributed by atoms with Gasteiger partial charge < -0.3 is 5.32 Å². The molecule has 0 bridgehead atoms. The summed E-state index contributed by atoms with van der Waals surface area (Å²) >= 11 is 0. The summed E-state index contributed by atoms with van der Waals surface area (Å²) < 4.78 is 27.0. The average molecular weight is 252 g/mol. The van der Waals surface area contributed by atoms with Gasteiger partial charge in [0, 0.05) is 6.04 Å². The van der Waals surface area contributed by atoms with Crippen LogP contribution in [0.2, 0.25) is 0 Å². The molecule has 98 valence electrons. The number of benzene rings is 1. The zero-order valence-electron chi connectivity index (χ0n) is 10.9. The highest BCUT2D eigenvalue weighted by molar-refractivity contribution is 5.50. The predicted octanol–water partition coefficient (Wildman–Crippen LogP) is 4.07. The Hall–Kier alpha value is -1.63. The van der Waals surface area contributed by atoms with Gasteiger partial charge in [-0.2, -0.15) is 5.26 Å². The van der Waals surface area contributed by atoms with E-state index in [9.17, 15) is 8.78 Å². The van der Waals surface area contributed by atoms with Crippen LogP contribution in [0.25, 0.3) is 0 Å². The number of rotatable bonds is 5. The molecular formula is C14H18F2N2. The van der Waals surface area contributed by atoms with E-state index in [0.29, 0.717) is 5.92 Å². The number of hydrogen-bond donors (Lipinski definition) is 1. The van der Waals surface area contributed by atoms with Crippen molar-refractivity contribution in [1.29, 1.82) is 5.26 Å². The van der Waals surface area contributed by atoms with Gasteiger partial charge in [0.05, 0.1) is 11.3 Å². The van der Waals surface area contributed by atoms with E-state index in [1.54, 1.807) is 6.07 Å². The van der Waals surface area contributed by atoms with Crippen molar-refractivity contribution in [2.24, 2.45) is 5.92 Å². The van der Waals surface area contributed by atoms with Gasteiger partial charge in [-0.05, 0) is 31.4 Å². The van der Waals surface area contributed by atoms with Gasteiger partial charge in [-0.3, -0.25) is 0 Å². The Morgan fingerprint density at radius 2 is 1.94 bits per heavy atom. The van der Waals surface area contributed by atoms with Gasteiger partial charge >= 0.3 is 0 Å². The highest BCUT2D eigenvalue weighted by atomic mass is 19.2. The molecular weight excluding hydrogens is 234 g/mol. The Balaban J connectivity index is 2.80. The van der Waals surface area contributed by atoms with Crippen LogP contribution in [-0.4, -0.2) is 6.04 Å². The fraction of sp³-hybridized carbons (Fsp3) is 0.500. The second kappa shape index (κ2) is 6.34. The summed E-state index contributed by atoms with van der Waals surface area (Å²) in [6.45, 7) is 6.15. The minimum absolute atomic E-state index is 0.0572. The van der Waals surface area contributed by atoms with Crippen molar-refractivity contribution in [2.75, 3.05) is 5.32 Å². The molecule has 0 heterocycles. The molecule has 1 aromatic rings. The lowest BCUT2D eigenvalue weighted by Gasteiger charge is -2.19. The van der Waals surface area contributed by atoms with Crippen LogP contribution in [0.15, 0.2) is 12.1 Å². The molecule has 1 N–H and O–H groups in total.